The van der Waals surface area contributed by atoms with Gasteiger partial charge in [-0.05, 0) is 79.3 Å². The van der Waals surface area contributed by atoms with Gasteiger partial charge in [0.2, 0.25) is 0 Å². The number of aldehydes is 1. The molecule has 0 aromatic heterocycles. The van der Waals surface area contributed by atoms with Crippen LogP contribution in [0, 0.1) is 20.8 Å². The first-order valence-corrected chi connectivity index (χ1v) is 12.6. The maximum atomic E-state index is 14.3. The summed E-state index contributed by atoms with van der Waals surface area (Å²) in [6.45, 7) is 9.31. The highest BCUT2D eigenvalue weighted by Gasteiger charge is 2.58. The lowest BCUT2D eigenvalue weighted by molar-refractivity contribution is -0.259. The standard InChI is InChI=1S/C27H30ClF3O2S/c1-6-20-14-17(2)15-21(22(20)8-7-13-32)10-12-24(26(33,16-34-5)27(29,30)31)23-11-9-18(3)19(4)25(23)28/h6-9,11,13-15,24,33H,1,10,12,16H2,2-5H3/b8-7-/t24-,26+/m0/s1. The van der Waals surface area contributed by atoms with E-state index in [9.17, 15) is 23.1 Å². The minimum absolute atomic E-state index is 0.000750. The van der Waals surface area contributed by atoms with Crippen LogP contribution in [-0.2, 0) is 11.2 Å². The van der Waals surface area contributed by atoms with Crippen LogP contribution in [0.5, 0.6) is 0 Å². The van der Waals surface area contributed by atoms with Crippen molar-refractivity contribution in [2.45, 2.75) is 51.3 Å². The normalized spacial score (nSPS) is 14.7. The number of alkyl halides is 3. The molecule has 0 aliphatic heterocycles. The second-order valence-electron chi connectivity index (χ2n) is 8.48. The lowest BCUT2D eigenvalue weighted by Crippen LogP contribution is -2.52. The number of allylic oxidation sites excluding steroid dienone is 1. The molecule has 0 heterocycles. The van der Waals surface area contributed by atoms with Gasteiger partial charge in [0.25, 0.3) is 0 Å². The lowest BCUT2D eigenvalue weighted by atomic mass is 9.77. The molecule has 0 fully saturated rings. The fraction of sp³-hybridized carbons (Fsp3) is 0.370. The average molecular weight is 511 g/mol. The Morgan fingerprint density at radius 2 is 1.88 bits per heavy atom. The predicted octanol–water partition coefficient (Wildman–Crippen LogP) is 7.49. The number of carbonyl (C=O) groups excluding carboxylic acids is 1. The van der Waals surface area contributed by atoms with Gasteiger partial charge in [0.1, 0.15) is 6.29 Å². The molecule has 2 aromatic carbocycles. The maximum absolute atomic E-state index is 14.3. The number of halogens is 4. The first-order valence-electron chi connectivity index (χ1n) is 10.8. The van der Waals surface area contributed by atoms with E-state index in [1.54, 1.807) is 31.2 Å². The highest BCUT2D eigenvalue weighted by Crippen LogP contribution is 2.47. The lowest BCUT2D eigenvalue weighted by Gasteiger charge is -2.38. The van der Waals surface area contributed by atoms with Crippen molar-refractivity contribution >= 4 is 41.8 Å². The van der Waals surface area contributed by atoms with Crippen molar-refractivity contribution in [1.82, 2.24) is 0 Å². The summed E-state index contributed by atoms with van der Waals surface area (Å²) in [5.41, 5.74) is 2.06. The SMILES string of the molecule is C=Cc1cc(C)cc(CC[C@@H](c2ccc(C)c(C)c2Cl)[C@](O)(CSC)C(F)(F)F)c1/C=C\C=O. The van der Waals surface area contributed by atoms with Gasteiger partial charge in [0.05, 0.1) is 0 Å². The van der Waals surface area contributed by atoms with E-state index < -0.39 is 23.4 Å². The minimum atomic E-state index is -4.86. The fourth-order valence-electron chi connectivity index (χ4n) is 4.24. The van der Waals surface area contributed by atoms with Crippen molar-refractivity contribution < 1.29 is 23.1 Å². The van der Waals surface area contributed by atoms with Crippen LogP contribution in [0.15, 0.2) is 36.9 Å². The van der Waals surface area contributed by atoms with E-state index >= 15 is 0 Å². The van der Waals surface area contributed by atoms with Gasteiger partial charge < -0.3 is 5.11 Å². The second kappa shape index (κ2) is 11.6. The van der Waals surface area contributed by atoms with Crippen molar-refractivity contribution in [1.29, 1.82) is 0 Å². The molecule has 0 bridgehead atoms. The van der Waals surface area contributed by atoms with Crippen LogP contribution in [-0.4, -0.2) is 35.2 Å². The summed E-state index contributed by atoms with van der Waals surface area (Å²) in [5, 5.41) is 11.4. The van der Waals surface area contributed by atoms with Crippen molar-refractivity contribution in [2.75, 3.05) is 12.0 Å². The molecule has 0 saturated heterocycles. The van der Waals surface area contributed by atoms with Crippen molar-refractivity contribution in [3.05, 3.63) is 80.9 Å². The third-order valence-corrected chi connectivity index (χ3v) is 7.43. The Kier molecular flexibility index (Phi) is 9.63. The molecule has 0 spiro atoms. The third-order valence-electron chi connectivity index (χ3n) is 6.20. The molecule has 0 saturated carbocycles. The van der Waals surface area contributed by atoms with Gasteiger partial charge in [-0.2, -0.15) is 24.9 Å². The minimum Gasteiger partial charge on any atom is -0.379 e. The van der Waals surface area contributed by atoms with Crippen LogP contribution in [0.2, 0.25) is 5.02 Å². The van der Waals surface area contributed by atoms with Gasteiger partial charge in [-0.1, -0.05) is 60.2 Å². The molecule has 0 unspecified atom stereocenters. The summed E-state index contributed by atoms with van der Waals surface area (Å²) in [4.78, 5) is 10.9. The molecule has 34 heavy (non-hydrogen) atoms. The number of carbonyl (C=O) groups is 1. The molecule has 7 heteroatoms. The summed E-state index contributed by atoms with van der Waals surface area (Å²) in [7, 11) is 0. The van der Waals surface area contributed by atoms with Crippen LogP contribution >= 0.6 is 23.4 Å². The van der Waals surface area contributed by atoms with E-state index in [4.69, 9.17) is 11.6 Å². The highest BCUT2D eigenvalue weighted by molar-refractivity contribution is 7.98. The smallest absolute Gasteiger partial charge is 0.379 e. The molecule has 1 N–H and O–H groups in total. The maximum Gasteiger partial charge on any atom is 0.418 e. The predicted molar refractivity (Wildman–Crippen MR) is 138 cm³/mol. The molecule has 2 aromatic rings. The number of thioether (sulfide) groups is 1. The van der Waals surface area contributed by atoms with Gasteiger partial charge in [-0.25, -0.2) is 0 Å². The molecular formula is C27H30ClF3O2S. The van der Waals surface area contributed by atoms with Crippen molar-refractivity contribution in [3.63, 3.8) is 0 Å². The number of aryl methyl sites for hydroxylation is 3. The van der Waals surface area contributed by atoms with Gasteiger partial charge in [-0.3, -0.25) is 4.79 Å². The number of hydrogen-bond acceptors (Lipinski definition) is 3. The van der Waals surface area contributed by atoms with Crippen LogP contribution < -0.4 is 0 Å². The molecule has 2 atom stereocenters. The Bertz CT molecular complexity index is 1080. The first-order chi connectivity index (χ1) is 15.9. The first kappa shape index (κ1) is 28.2. The number of benzene rings is 2. The van der Waals surface area contributed by atoms with Gasteiger partial charge in [0, 0.05) is 16.7 Å². The largest absolute Gasteiger partial charge is 0.418 e. The van der Waals surface area contributed by atoms with E-state index in [2.05, 4.69) is 6.58 Å². The van der Waals surface area contributed by atoms with Gasteiger partial charge in [0.15, 0.2) is 5.60 Å². The molecule has 2 nitrogen and oxygen atoms in total. The van der Waals surface area contributed by atoms with Crippen LogP contribution in [0.3, 0.4) is 0 Å². The van der Waals surface area contributed by atoms with Gasteiger partial charge in [-0.15, -0.1) is 0 Å². The summed E-state index contributed by atoms with van der Waals surface area (Å²) in [5.74, 6) is -1.81. The molecule has 184 valence electrons. The Labute approximate surface area is 208 Å². The molecule has 0 aliphatic rings. The molecule has 0 amide bonds. The average Bonchev–Trinajstić information content (AvgIpc) is 2.77. The third kappa shape index (κ3) is 5.96. The number of rotatable bonds is 10. The zero-order valence-electron chi connectivity index (χ0n) is 19.8. The van der Waals surface area contributed by atoms with Crippen LogP contribution in [0.4, 0.5) is 13.2 Å². The van der Waals surface area contributed by atoms with E-state index in [1.165, 1.54) is 12.3 Å². The molecular weight excluding hydrogens is 481 g/mol. The second-order valence-corrected chi connectivity index (χ2v) is 9.73. The Balaban J connectivity index is 2.67. The molecule has 0 aliphatic carbocycles. The van der Waals surface area contributed by atoms with Crippen molar-refractivity contribution in [3.8, 4) is 0 Å². The summed E-state index contributed by atoms with van der Waals surface area (Å²) in [6, 6.07) is 7.11. The van der Waals surface area contributed by atoms with E-state index in [0.29, 0.717) is 11.8 Å². The quantitative estimate of drug-likeness (QED) is 0.266. The number of hydrogen-bond donors (Lipinski definition) is 1. The molecule has 0 radical (unpaired) electrons. The fourth-order valence-corrected chi connectivity index (χ4v) is 5.39. The van der Waals surface area contributed by atoms with E-state index in [-0.39, 0.29) is 23.4 Å². The Morgan fingerprint density at radius 1 is 1.21 bits per heavy atom. The highest BCUT2D eigenvalue weighted by atomic mass is 35.5. The summed E-state index contributed by atoms with van der Waals surface area (Å²) >= 11 is 7.50. The van der Waals surface area contributed by atoms with Crippen LogP contribution in [0.25, 0.3) is 12.2 Å². The Morgan fingerprint density at radius 3 is 2.44 bits per heavy atom. The van der Waals surface area contributed by atoms with E-state index in [1.807, 2.05) is 26.0 Å². The monoisotopic (exact) mass is 510 g/mol. The van der Waals surface area contributed by atoms with E-state index in [0.717, 1.165) is 39.6 Å². The number of aliphatic hydroxyl groups is 1. The zero-order valence-corrected chi connectivity index (χ0v) is 21.4. The summed E-state index contributed by atoms with van der Waals surface area (Å²) in [6.07, 6.45) is 2.19. The summed E-state index contributed by atoms with van der Waals surface area (Å²) < 4.78 is 43.0. The Hall–Kier alpha value is -2.02. The zero-order chi connectivity index (χ0) is 25.7. The van der Waals surface area contributed by atoms with Crippen molar-refractivity contribution in [2.24, 2.45) is 0 Å². The molecule has 2 rings (SSSR count). The topological polar surface area (TPSA) is 37.3 Å². The van der Waals surface area contributed by atoms with Crippen LogP contribution in [0.1, 0.15) is 51.3 Å². The van der Waals surface area contributed by atoms with Gasteiger partial charge >= 0.3 is 6.18 Å².